The first-order valence-electron chi connectivity index (χ1n) is 6.20. The molecule has 2 heteroatoms. The molecule has 1 nitrogen and oxygen atoms in total. The van der Waals surface area contributed by atoms with E-state index in [0.29, 0.717) is 6.04 Å². The molecule has 0 aliphatic carbocycles. The van der Waals surface area contributed by atoms with Crippen LogP contribution in [0.1, 0.15) is 44.2 Å². The highest BCUT2D eigenvalue weighted by Crippen LogP contribution is 2.22. The number of rotatable bonds is 7. The third-order valence-electron chi connectivity index (χ3n) is 2.71. The Kier molecular flexibility index (Phi) is 6.77. The van der Waals surface area contributed by atoms with E-state index < -0.39 is 0 Å². The van der Waals surface area contributed by atoms with Crippen molar-refractivity contribution in [1.29, 1.82) is 0 Å². The maximum absolute atomic E-state index is 6.02. The first kappa shape index (κ1) is 14.1. The molecule has 0 saturated carbocycles. The van der Waals surface area contributed by atoms with Crippen molar-refractivity contribution in [2.24, 2.45) is 0 Å². The fourth-order valence-corrected chi connectivity index (χ4v) is 2.04. The van der Waals surface area contributed by atoms with Crippen LogP contribution in [0.2, 0.25) is 5.02 Å². The largest absolute Gasteiger partial charge is 0.310 e. The smallest absolute Gasteiger partial charge is 0.0409 e. The molecule has 0 bridgehead atoms. The zero-order valence-electron chi connectivity index (χ0n) is 10.4. The average Bonchev–Trinajstić information content (AvgIpc) is 2.33. The minimum Gasteiger partial charge on any atom is -0.310 e. The van der Waals surface area contributed by atoms with Gasteiger partial charge in [-0.05, 0) is 43.5 Å². The molecule has 0 saturated heterocycles. The number of halogens is 1. The van der Waals surface area contributed by atoms with Crippen molar-refractivity contribution in [2.45, 2.75) is 38.6 Å². The summed E-state index contributed by atoms with van der Waals surface area (Å²) in [4.78, 5) is 0. The van der Waals surface area contributed by atoms with Gasteiger partial charge in [-0.15, -0.1) is 12.3 Å². The van der Waals surface area contributed by atoms with E-state index in [9.17, 15) is 0 Å². The van der Waals surface area contributed by atoms with Gasteiger partial charge in [-0.1, -0.05) is 30.7 Å². The van der Waals surface area contributed by atoms with E-state index in [4.69, 9.17) is 18.0 Å². The lowest BCUT2D eigenvalue weighted by molar-refractivity contribution is 0.487. The summed E-state index contributed by atoms with van der Waals surface area (Å²) in [6.45, 7) is 3.19. The van der Waals surface area contributed by atoms with Crippen LogP contribution in [-0.4, -0.2) is 6.54 Å². The summed E-state index contributed by atoms with van der Waals surface area (Å²) in [5, 5.41) is 4.34. The first-order valence-corrected chi connectivity index (χ1v) is 6.58. The Bertz CT molecular complexity index is 367. The van der Waals surface area contributed by atoms with E-state index in [2.05, 4.69) is 24.2 Å². The zero-order chi connectivity index (χ0) is 12.5. The molecular formula is C15H20ClN. The van der Waals surface area contributed by atoms with Gasteiger partial charge in [-0.3, -0.25) is 0 Å². The molecule has 0 heterocycles. The summed E-state index contributed by atoms with van der Waals surface area (Å²) >= 11 is 6.02. The first-order chi connectivity index (χ1) is 8.27. The number of nitrogens with one attached hydrogen (secondary N) is 1. The van der Waals surface area contributed by atoms with E-state index in [1.165, 1.54) is 5.56 Å². The van der Waals surface area contributed by atoms with E-state index in [1.807, 2.05) is 18.2 Å². The third-order valence-corrected chi connectivity index (χ3v) is 2.94. The second kappa shape index (κ2) is 8.17. The van der Waals surface area contributed by atoms with E-state index in [1.54, 1.807) is 0 Å². The minimum absolute atomic E-state index is 0.363. The molecule has 0 aromatic heterocycles. The molecule has 1 unspecified atom stereocenters. The molecule has 1 atom stereocenters. The minimum atomic E-state index is 0.363. The Morgan fingerprint density at radius 2 is 2.29 bits per heavy atom. The molecule has 1 N–H and O–H groups in total. The topological polar surface area (TPSA) is 12.0 Å². The van der Waals surface area contributed by atoms with Gasteiger partial charge in [0.2, 0.25) is 0 Å². The van der Waals surface area contributed by atoms with Crippen LogP contribution in [0.5, 0.6) is 0 Å². The molecule has 1 aromatic rings. The van der Waals surface area contributed by atoms with Crippen molar-refractivity contribution in [2.75, 3.05) is 6.54 Å². The van der Waals surface area contributed by atoms with Crippen molar-refractivity contribution in [3.63, 3.8) is 0 Å². The maximum Gasteiger partial charge on any atom is 0.0409 e. The molecule has 1 rings (SSSR count). The highest BCUT2D eigenvalue weighted by atomic mass is 35.5. The van der Waals surface area contributed by atoms with Gasteiger partial charge in [0, 0.05) is 17.5 Å². The van der Waals surface area contributed by atoms with Gasteiger partial charge in [-0.2, -0.15) is 0 Å². The van der Waals surface area contributed by atoms with Crippen molar-refractivity contribution in [1.82, 2.24) is 5.32 Å². The van der Waals surface area contributed by atoms with Crippen LogP contribution in [0, 0.1) is 12.3 Å². The quantitative estimate of drug-likeness (QED) is 0.565. The SMILES string of the molecule is C#CCCCC(NCCC)c1cccc(Cl)c1. The van der Waals surface area contributed by atoms with Crippen LogP contribution in [0.4, 0.5) is 0 Å². The van der Waals surface area contributed by atoms with Crippen LogP contribution >= 0.6 is 11.6 Å². The zero-order valence-corrected chi connectivity index (χ0v) is 11.1. The van der Waals surface area contributed by atoms with E-state index in [0.717, 1.165) is 37.3 Å². The molecular weight excluding hydrogens is 230 g/mol. The van der Waals surface area contributed by atoms with Crippen LogP contribution < -0.4 is 5.32 Å². The summed E-state index contributed by atoms with van der Waals surface area (Å²) in [6.07, 6.45) is 9.36. The molecule has 0 spiro atoms. The molecule has 92 valence electrons. The number of benzene rings is 1. The average molecular weight is 250 g/mol. The van der Waals surface area contributed by atoms with Gasteiger partial charge in [0.1, 0.15) is 0 Å². The number of unbranched alkanes of at least 4 members (excludes halogenated alkanes) is 1. The normalized spacial score (nSPS) is 12.1. The van der Waals surface area contributed by atoms with Gasteiger partial charge in [0.25, 0.3) is 0 Å². The third kappa shape index (κ3) is 5.26. The standard InChI is InChI=1S/C15H20ClN/c1-3-5-6-10-15(17-11-4-2)13-8-7-9-14(16)12-13/h1,7-9,12,15,17H,4-6,10-11H2,2H3. The highest BCUT2D eigenvalue weighted by molar-refractivity contribution is 6.30. The molecule has 0 radical (unpaired) electrons. The number of hydrogen-bond donors (Lipinski definition) is 1. The number of hydrogen-bond acceptors (Lipinski definition) is 1. The van der Waals surface area contributed by atoms with Crippen molar-refractivity contribution >= 4 is 11.6 Å². The molecule has 0 amide bonds. The summed E-state index contributed by atoms with van der Waals surface area (Å²) in [6, 6.07) is 8.42. The van der Waals surface area contributed by atoms with Gasteiger partial charge >= 0.3 is 0 Å². The van der Waals surface area contributed by atoms with Crippen LogP contribution in [0.25, 0.3) is 0 Å². The summed E-state index contributed by atoms with van der Waals surface area (Å²) in [5.41, 5.74) is 1.25. The fraction of sp³-hybridized carbons (Fsp3) is 0.467. The van der Waals surface area contributed by atoms with Crippen LogP contribution in [-0.2, 0) is 0 Å². The monoisotopic (exact) mass is 249 g/mol. The Morgan fingerprint density at radius 3 is 2.94 bits per heavy atom. The van der Waals surface area contributed by atoms with Gasteiger partial charge in [0.05, 0.1) is 0 Å². The second-order valence-electron chi connectivity index (χ2n) is 4.16. The van der Waals surface area contributed by atoms with E-state index >= 15 is 0 Å². The predicted molar refractivity (Wildman–Crippen MR) is 75.2 cm³/mol. The van der Waals surface area contributed by atoms with Crippen molar-refractivity contribution < 1.29 is 0 Å². The van der Waals surface area contributed by atoms with Crippen molar-refractivity contribution in [3.05, 3.63) is 34.9 Å². The summed E-state index contributed by atoms with van der Waals surface area (Å²) in [7, 11) is 0. The molecule has 0 aliphatic heterocycles. The van der Waals surface area contributed by atoms with Crippen LogP contribution in [0.3, 0.4) is 0 Å². The van der Waals surface area contributed by atoms with Gasteiger partial charge in [0.15, 0.2) is 0 Å². The van der Waals surface area contributed by atoms with Crippen molar-refractivity contribution in [3.8, 4) is 12.3 Å². The molecule has 1 aromatic carbocycles. The fourth-order valence-electron chi connectivity index (χ4n) is 1.84. The lowest BCUT2D eigenvalue weighted by Crippen LogP contribution is -2.22. The molecule has 0 aliphatic rings. The summed E-state index contributed by atoms with van der Waals surface area (Å²) in [5.74, 6) is 2.69. The second-order valence-corrected chi connectivity index (χ2v) is 4.59. The lowest BCUT2D eigenvalue weighted by atomic mass is 10.0. The number of terminal acetylenes is 1. The molecule has 17 heavy (non-hydrogen) atoms. The molecule has 0 fully saturated rings. The van der Waals surface area contributed by atoms with Gasteiger partial charge < -0.3 is 5.32 Å². The maximum atomic E-state index is 6.02. The summed E-state index contributed by atoms with van der Waals surface area (Å²) < 4.78 is 0. The lowest BCUT2D eigenvalue weighted by Gasteiger charge is -2.18. The van der Waals surface area contributed by atoms with Crippen LogP contribution in [0.15, 0.2) is 24.3 Å². The predicted octanol–water partition coefficient (Wildman–Crippen LogP) is 4.18. The Labute approximate surface area is 110 Å². The van der Waals surface area contributed by atoms with E-state index in [-0.39, 0.29) is 0 Å². The Morgan fingerprint density at radius 1 is 1.47 bits per heavy atom. The highest BCUT2D eigenvalue weighted by Gasteiger charge is 2.10. The Balaban J connectivity index is 2.64. The Hall–Kier alpha value is -0.970. The van der Waals surface area contributed by atoms with Gasteiger partial charge in [-0.25, -0.2) is 0 Å².